The van der Waals surface area contributed by atoms with Crippen LogP contribution >= 0.6 is 0 Å². The molecule has 7 heteroatoms. The highest BCUT2D eigenvalue weighted by molar-refractivity contribution is 5.82. The summed E-state index contributed by atoms with van der Waals surface area (Å²) in [6, 6.07) is 8.44. The molecule has 0 bridgehead atoms. The first kappa shape index (κ1) is 15.7. The fourth-order valence-electron chi connectivity index (χ4n) is 2.38. The quantitative estimate of drug-likeness (QED) is 0.260. The van der Waals surface area contributed by atoms with Gasteiger partial charge in [-0.1, -0.05) is 29.4 Å². The van der Waals surface area contributed by atoms with Gasteiger partial charge in [0.05, 0.1) is 19.2 Å². The van der Waals surface area contributed by atoms with Gasteiger partial charge in [-0.2, -0.15) is 0 Å². The van der Waals surface area contributed by atoms with E-state index in [1.807, 2.05) is 0 Å². The van der Waals surface area contributed by atoms with Crippen molar-refractivity contribution in [2.75, 3.05) is 0 Å². The zero-order valence-corrected chi connectivity index (χ0v) is 12.4. The molecule has 0 radical (unpaired) electrons. The zero-order chi connectivity index (χ0) is 17.0. The molecule has 0 amide bonds. The van der Waals surface area contributed by atoms with Crippen LogP contribution in [0.1, 0.15) is 19.4 Å². The Morgan fingerprint density at radius 2 is 1.96 bits per heavy atom. The molecular formula is C16H10N6O. The molecule has 1 aliphatic heterocycles. The Morgan fingerprint density at radius 3 is 2.43 bits per heavy atom. The molecule has 110 valence electrons. The van der Waals surface area contributed by atoms with E-state index in [0.717, 1.165) is 0 Å². The van der Waals surface area contributed by atoms with Crippen molar-refractivity contribution in [3.8, 4) is 6.07 Å². The third kappa shape index (κ3) is 2.71. The fourth-order valence-corrected chi connectivity index (χ4v) is 2.38. The van der Waals surface area contributed by atoms with Gasteiger partial charge in [0.25, 0.3) is 5.70 Å². The number of allylic oxidation sites excluding steroid dienone is 1. The van der Waals surface area contributed by atoms with Gasteiger partial charge in [0.2, 0.25) is 5.70 Å². The van der Waals surface area contributed by atoms with Crippen LogP contribution in [0.4, 0.5) is 5.69 Å². The Balaban J connectivity index is 2.71. The standard InChI is InChI=1S/C16H10N6O/c1-16(2)13(10-5-7-11(8-6-10)21-22-18)14(20-4)15(23-16)12(9-17)19-3/h5-8H,1-2H3/b15-12+. The van der Waals surface area contributed by atoms with Gasteiger partial charge in [0.1, 0.15) is 11.4 Å². The van der Waals surface area contributed by atoms with Gasteiger partial charge in [-0.25, -0.2) is 15.0 Å². The monoisotopic (exact) mass is 302 g/mol. The summed E-state index contributed by atoms with van der Waals surface area (Å²) in [5, 5.41) is 12.5. The molecule has 1 aromatic carbocycles. The maximum Gasteiger partial charge on any atom is 0.292 e. The summed E-state index contributed by atoms with van der Waals surface area (Å²) < 4.78 is 5.71. The molecule has 1 heterocycles. The van der Waals surface area contributed by atoms with Gasteiger partial charge in [0, 0.05) is 16.2 Å². The highest BCUT2D eigenvalue weighted by atomic mass is 16.5. The molecule has 23 heavy (non-hydrogen) atoms. The predicted octanol–water partition coefficient (Wildman–Crippen LogP) is 4.72. The Bertz CT molecular complexity index is 878. The van der Waals surface area contributed by atoms with Crippen molar-refractivity contribution in [1.82, 2.24) is 0 Å². The van der Waals surface area contributed by atoms with E-state index >= 15 is 0 Å². The average Bonchev–Trinajstić information content (AvgIpc) is 2.80. The number of rotatable bonds is 2. The van der Waals surface area contributed by atoms with Gasteiger partial charge < -0.3 is 4.74 Å². The van der Waals surface area contributed by atoms with Gasteiger partial charge in [-0.05, 0) is 24.9 Å². The van der Waals surface area contributed by atoms with Crippen molar-refractivity contribution < 1.29 is 4.74 Å². The molecule has 0 N–H and O–H groups in total. The summed E-state index contributed by atoms with van der Waals surface area (Å²) in [5.41, 5.74) is 9.23. The molecule has 0 saturated heterocycles. The Labute approximate surface area is 133 Å². The Kier molecular flexibility index (Phi) is 4.05. The van der Waals surface area contributed by atoms with Gasteiger partial charge in [0.15, 0.2) is 0 Å². The van der Waals surface area contributed by atoms with Crippen molar-refractivity contribution in [2.24, 2.45) is 5.11 Å². The summed E-state index contributed by atoms with van der Waals surface area (Å²) in [7, 11) is 0. The third-order valence-electron chi connectivity index (χ3n) is 3.27. The maximum absolute atomic E-state index is 9.05. The lowest BCUT2D eigenvalue weighted by Crippen LogP contribution is -2.20. The van der Waals surface area contributed by atoms with Crippen LogP contribution in [0.2, 0.25) is 0 Å². The molecule has 0 atom stereocenters. The number of ether oxygens (including phenoxy) is 1. The van der Waals surface area contributed by atoms with Crippen LogP contribution < -0.4 is 0 Å². The van der Waals surface area contributed by atoms with Gasteiger partial charge in [-0.15, -0.1) is 0 Å². The van der Waals surface area contributed by atoms with E-state index in [1.165, 1.54) is 0 Å². The molecule has 0 aromatic heterocycles. The van der Waals surface area contributed by atoms with Gasteiger partial charge >= 0.3 is 0 Å². The first-order valence-corrected chi connectivity index (χ1v) is 6.47. The lowest BCUT2D eigenvalue weighted by molar-refractivity contribution is 0.109. The van der Waals surface area contributed by atoms with E-state index in [-0.39, 0.29) is 17.2 Å². The van der Waals surface area contributed by atoms with E-state index in [0.29, 0.717) is 16.8 Å². The number of hydrogen-bond donors (Lipinski definition) is 0. The highest BCUT2D eigenvalue weighted by Gasteiger charge is 2.40. The summed E-state index contributed by atoms with van der Waals surface area (Å²) in [6.07, 6.45) is 0. The SMILES string of the molecule is [C-]#[N+]C1=C(c2ccc(N=[N+]=[N-])cc2)C(C)(C)O/C1=C(\C#N)[N+]#[C-]. The van der Waals surface area contributed by atoms with E-state index in [4.69, 9.17) is 28.7 Å². The molecule has 0 fully saturated rings. The Hall–Kier alpha value is -3.72. The number of nitriles is 1. The largest absolute Gasteiger partial charge is 0.505 e. The molecule has 2 rings (SSSR count). The number of hydrogen-bond acceptors (Lipinski definition) is 3. The maximum atomic E-state index is 9.05. The highest BCUT2D eigenvalue weighted by Crippen LogP contribution is 2.46. The minimum atomic E-state index is -0.859. The van der Waals surface area contributed by atoms with Crippen LogP contribution in [0, 0.1) is 24.5 Å². The van der Waals surface area contributed by atoms with Crippen LogP contribution in [0.15, 0.2) is 46.5 Å². The lowest BCUT2D eigenvalue weighted by Gasteiger charge is -2.24. The molecule has 1 aliphatic rings. The number of benzene rings is 1. The van der Waals surface area contributed by atoms with Crippen LogP contribution in [0.25, 0.3) is 25.7 Å². The molecular weight excluding hydrogens is 292 g/mol. The molecule has 1 aromatic rings. The number of azide groups is 1. The van der Waals surface area contributed by atoms with Crippen molar-refractivity contribution >= 4 is 11.3 Å². The van der Waals surface area contributed by atoms with Crippen LogP contribution in [0.3, 0.4) is 0 Å². The van der Waals surface area contributed by atoms with Crippen molar-refractivity contribution in [3.05, 3.63) is 80.3 Å². The molecule has 7 nitrogen and oxygen atoms in total. The summed E-state index contributed by atoms with van der Waals surface area (Å²) in [4.78, 5) is 9.31. The summed E-state index contributed by atoms with van der Waals surface area (Å²) in [5.74, 6) is 0.0108. The Morgan fingerprint density at radius 1 is 1.30 bits per heavy atom. The van der Waals surface area contributed by atoms with Gasteiger partial charge in [-0.3, -0.25) is 0 Å². The second-order valence-corrected chi connectivity index (χ2v) is 5.09. The van der Waals surface area contributed by atoms with E-state index in [1.54, 1.807) is 44.2 Å². The van der Waals surface area contributed by atoms with Crippen LogP contribution in [-0.2, 0) is 4.74 Å². The van der Waals surface area contributed by atoms with Crippen LogP contribution in [0.5, 0.6) is 0 Å². The summed E-state index contributed by atoms with van der Waals surface area (Å²) in [6.45, 7) is 18.0. The predicted molar refractivity (Wildman–Crippen MR) is 83.2 cm³/mol. The van der Waals surface area contributed by atoms with Crippen molar-refractivity contribution in [3.63, 3.8) is 0 Å². The number of nitrogens with zero attached hydrogens (tertiary/aromatic N) is 6. The fraction of sp³-hybridized carbons (Fsp3) is 0.188. The average molecular weight is 302 g/mol. The van der Waals surface area contributed by atoms with E-state index < -0.39 is 5.60 Å². The molecule has 0 saturated carbocycles. The third-order valence-corrected chi connectivity index (χ3v) is 3.27. The second-order valence-electron chi connectivity index (χ2n) is 5.09. The molecule has 0 spiro atoms. The zero-order valence-electron chi connectivity index (χ0n) is 12.4. The second kappa shape index (κ2) is 5.95. The first-order chi connectivity index (χ1) is 11.0. The van der Waals surface area contributed by atoms with Crippen molar-refractivity contribution in [1.29, 1.82) is 5.26 Å². The normalized spacial score (nSPS) is 17.2. The van der Waals surface area contributed by atoms with Crippen molar-refractivity contribution in [2.45, 2.75) is 19.4 Å². The lowest BCUT2D eigenvalue weighted by atomic mass is 9.91. The minimum absolute atomic E-state index is 0.0108. The first-order valence-electron chi connectivity index (χ1n) is 6.47. The molecule has 0 unspecified atom stereocenters. The topological polar surface area (TPSA) is 90.5 Å². The van der Waals surface area contributed by atoms with E-state index in [2.05, 4.69) is 19.7 Å². The summed E-state index contributed by atoms with van der Waals surface area (Å²) >= 11 is 0. The minimum Gasteiger partial charge on any atom is -0.505 e. The smallest absolute Gasteiger partial charge is 0.292 e. The molecule has 0 aliphatic carbocycles. The van der Waals surface area contributed by atoms with Crippen LogP contribution in [-0.4, -0.2) is 5.60 Å². The van der Waals surface area contributed by atoms with E-state index in [9.17, 15) is 0 Å².